The number of esters is 1. The van der Waals surface area contributed by atoms with Gasteiger partial charge >= 0.3 is 17.9 Å². The topological polar surface area (TPSA) is 159 Å². The van der Waals surface area contributed by atoms with Crippen LogP contribution >= 0.6 is 0 Å². The summed E-state index contributed by atoms with van der Waals surface area (Å²) in [7, 11) is 0. The highest BCUT2D eigenvalue weighted by atomic mass is 16.5. The molecule has 5 aliphatic carbocycles. The molecule has 5 fully saturated rings. The van der Waals surface area contributed by atoms with Crippen molar-refractivity contribution in [1.82, 2.24) is 10.6 Å². The van der Waals surface area contributed by atoms with Crippen LogP contribution in [0.4, 0.5) is 0 Å². The van der Waals surface area contributed by atoms with Gasteiger partial charge in [-0.25, -0.2) is 0 Å². The third kappa shape index (κ3) is 7.77. The highest BCUT2D eigenvalue weighted by Gasteiger charge is 2.72. The fourth-order valence-corrected chi connectivity index (χ4v) is 14.3. The fourth-order valence-electron chi connectivity index (χ4n) is 14.3. The van der Waals surface area contributed by atoms with E-state index < -0.39 is 28.7 Å². The van der Waals surface area contributed by atoms with E-state index in [-0.39, 0.29) is 70.8 Å². The third-order valence-electron chi connectivity index (χ3n) is 17.7. The minimum absolute atomic E-state index is 0.0292. The van der Waals surface area contributed by atoms with Gasteiger partial charge in [-0.2, -0.15) is 0 Å². The second-order valence-corrected chi connectivity index (χ2v) is 21.5. The zero-order chi connectivity index (χ0) is 43.3. The van der Waals surface area contributed by atoms with E-state index >= 15 is 0 Å². The molecular weight excluding hydrogens is 745 g/mol. The van der Waals surface area contributed by atoms with Crippen LogP contribution in [0.3, 0.4) is 0 Å². The van der Waals surface area contributed by atoms with Crippen molar-refractivity contribution in [3.8, 4) is 0 Å². The number of carbonyl (C=O) groups is 5. The molecule has 0 bridgehead atoms. The summed E-state index contributed by atoms with van der Waals surface area (Å²) in [5, 5.41) is 24.9. The molecule has 10 nitrogen and oxygen atoms in total. The van der Waals surface area contributed by atoms with Crippen molar-refractivity contribution in [3.63, 3.8) is 0 Å². The summed E-state index contributed by atoms with van der Waals surface area (Å²) in [5.74, 6) is -0.715. The van der Waals surface area contributed by atoms with Crippen molar-refractivity contribution < 1.29 is 38.9 Å². The van der Waals surface area contributed by atoms with Crippen molar-refractivity contribution in [1.29, 1.82) is 0 Å². The van der Waals surface area contributed by atoms with E-state index in [1.165, 1.54) is 5.57 Å². The van der Waals surface area contributed by atoms with Gasteiger partial charge in [0.2, 0.25) is 5.91 Å². The Bertz CT molecular complexity index is 1840. The molecule has 59 heavy (non-hydrogen) atoms. The minimum atomic E-state index is -1.18. The number of carboxylic acid groups (broad SMARTS) is 2. The molecule has 10 atom stereocenters. The maximum atomic E-state index is 14.8. The van der Waals surface area contributed by atoms with Gasteiger partial charge in [-0.3, -0.25) is 24.0 Å². The first-order valence-electron chi connectivity index (χ1n) is 22.5. The molecule has 0 heterocycles. The average Bonchev–Trinajstić information content (AvgIpc) is 3.56. The van der Waals surface area contributed by atoms with E-state index in [4.69, 9.17) is 9.84 Å². The van der Waals surface area contributed by atoms with Gasteiger partial charge < -0.3 is 25.6 Å². The van der Waals surface area contributed by atoms with Gasteiger partial charge in [0, 0.05) is 30.5 Å². The number of allylic oxidation sites excluding steroid dienone is 1. The lowest BCUT2D eigenvalue weighted by Crippen LogP contribution is -2.67. The van der Waals surface area contributed by atoms with E-state index in [2.05, 4.69) is 58.8 Å². The summed E-state index contributed by atoms with van der Waals surface area (Å²) in [5.41, 5.74) is 0.675. The monoisotopic (exact) mass is 817 g/mol. The summed E-state index contributed by atoms with van der Waals surface area (Å²) in [4.78, 5) is 63.9. The number of carbonyl (C=O) groups excluding carboxylic acids is 3. The number of ether oxygens (including phenoxy) is 1. The number of benzene rings is 1. The molecule has 0 spiro atoms. The molecule has 0 saturated heterocycles. The lowest BCUT2D eigenvalue weighted by molar-refractivity contribution is -0.249. The predicted octanol–water partition coefficient (Wildman–Crippen LogP) is 9.36. The summed E-state index contributed by atoms with van der Waals surface area (Å²) < 4.78 is 6.18. The van der Waals surface area contributed by atoms with Crippen LogP contribution in [0.1, 0.15) is 161 Å². The average molecular weight is 817 g/mol. The quantitative estimate of drug-likeness (QED) is 0.0822. The van der Waals surface area contributed by atoms with Gasteiger partial charge in [0.15, 0.2) is 0 Å². The molecule has 5 aliphatic rings. The number of hydrogen-bond donors (Lipinski definition) is 4. The zero-order valence-corrected chi connectivity index (χ0v) is 37.1. The van der Waals surface area contributed by atoms with Gasteiger partial charge in [-0.05, 0) is 155 Å². The zero-order valence-electron chi connectivity index (χ0n) is 37.1. The van der Waals surface area contributed by atoms with E-state index in [9.17, 15) is 29.1 Å². The summed E-state index contributed by atoms with van der Waals surface area (Å²) in [6, 6.07) is 7.40. The highest BCUT2D eigenvalue weighted by Crippen LogP contribution is 2.77. The van der Waals surface area contributed by atoms with Crippen LogP contribution in [0.25, 0.3) is 0 Å². The SMILES string of the molecule is C=C(C)[C@@H]1CC[C@]2(C(=O)NCc3ccccc3C(=O)NCCCCC(=O)O)CC[C@]3(C)[C@H](CC[C@@H]4[C@@]5(C)CC[C@H](OC(=O)CC(C)(C)C(=O)O)C(C)(C)[C@@H]5CC[C@]43C)[C@@H]12. The lowest BCUT2D eigenvalue weighted by Gasteiger charge is -2.72. The van der Waals surface area contributed by atoms with E-state index in [1.807, 2.05) is 18.2 Å². The minimum Gasteiger partial charge on any atom is -0.481 e. The number of hydrogen-bond acceptors (Lipinski definition) is 6. The Morgan fingerprint density at radius 3 is 2.22 bits per heavy atom. The van der Waals surface area contributed by atoms with E-state index in [1.54, 1.807) is 19.9 Å². The van der Waals surface area contributed by atoms with Gasteiger partial charge in [0.1, 0.15) is 6.10 Å². The molecule has 10 heteroatoms. The Morgan fingerprint density at radius 1 is 0.831 bits per heavy atom. The second kappa shape index (κ2) is 16.3. The van der Waals surface area contributed by atoms with Crippen LogP contribution in [0.2, 0.25) is 0 Å². The number of aliphatic carboxylic acids is 2. The first-order valence-corrected chi connectivity index (χ1v) is 22.5. The molecule has 326 valence electrons. The molecule has 2 amide bonds. The number of amides is 2. The molecule has 1 aromatic carbocycles. The summed E-state index contributed by atoms with van der Waals surface area (Å²) in [6.45, 7) is 22.7. The molecule has 6 rings (SSSR count). The van der Waals surface area contributed by atoms with Crippen molar-refractivity contribution in [2.75, 3.05) is 6.54 Å². The fraction of sp³-hybridized carbons (Fsp3) is 0.735. The molecule has 0 radical (unpaired) electrons. The molecule has 0 aromatic heterocycles. The number of unbranched alkanes of at least 4 members (excludes halogenated alkanes) is 1. The number of carboxylic acids is 2. The van der Waals surface area contributed by atoms with Gasteiger partial charge in [0.25, 0.3) is 5.91 Å². The Balaban J connectivity index is 1.19. The smallest absolute Gasteiger partial charge is 0.309 e. The normalized spacial score (nSPS) is 35.8. The predicted molar refractivity (Wildman–Crippen MR) is 227 cm³/mol. The van der Waals surface area contributed by atoms with Crippen molar-refractivity contribution in [2.45, 2.75) is 158 Å². The molecule has 1 aromatic rings. The van der Waals surface area contributed by atoms with Gasteiger partial charge in [-0.15, -0.1) is 0 Å². The number of rotatable bonds is 14. The molecule has 0 unspecified atom stereocenters. The Labute approximate surface area is 352 Å². The van der Waals surface area contributed by atoms with Gasteiger partial charge in [-0.1, -0.05) is 65.0 Å². The van der Waals surface area contributed by atoms with Crippen LogP contribution in [-0.2, 0) is 30.5 Å². The van der Waals surface area contributed by atoms with Crippen LogP contribution in [-0.4, -0.2) is 52.6 Å². The third-order valence-corrected chi connectivity index (χ3v) is 17.7. The van der Waals surface area contributed by atoms with Crippen LogP contribution in [0, 0.1) is 62.1 Å². The van der Waals surface area contributed by atoms with E-state index in [0.717, 1.165) is 69.8 Å². The number of nitrogens with one attached hydrogen (secondary N) is 2. The Morgan fingerprint density at radius 2 is 1.54 bits per heavy atom. The first kappa shape index (κ1) is 44.9. The van der Waals surface area contributed by atoms with Gasteiger partial charge in [0.05, 0.1) is 17.3 Å². The Kier molecular flexibility index (Phi) is 12.4. The summed E-state index contributed by atoms with van der Waals surface area (Å²) in [6.07, 6.45) is 10.4. The van der Waals surface area contributed by atoms with Crippen LogP contribution < -0.4 is 10.6 Å². The highest BCUT2D eigenvalue weighted by molar-refractivity contribution is 5.96. The lowest BCUT2D eigenvalue weighted by atomic mass is 9.32. The van der Waals surface area contributed by atoms with Crippen molar-refractivity contribution in [2.24, 2.45) is 62.1 Å². The van der Waals surface area contributed by atoms with E-state index in [0.29, 0.717) is 42.7 Å². The molecular formula is C49H72N2O8. The maximum Gasteiger partial charge on any atom is 0.309 e. The second-order valence-electron chi connectivity index (χ2n) is 21.5. The molecule has 5 saturated carbocycles. The first-order chi connectivity index (χ1) is 27.5. The largest absolute Gasteiger partial charge is 0.481 e. The standard InChI is InChI=1S/C49H72N2O8/c1-30(2)32-19-24-49(42(56)51-29-31-14-10-11-15-33(31)41(55)50-27-13-12-16-38(52)53)26-25-47(8)34(40(32)49)17-18-36-46(7)22-21-37(59-39(54)28-44(3,4)43(57)58)45(5,6)35(46)20-23-48(36,47)9/h10-11,14-15,32,34-37,40H,1,12-13,16-29H2,2-9H3,(H,50,55)(H,51,56)(H,52,53)(H,57,58)/t32-,34+,35-,36+,37-,40+,46-,47+,48+,49-/m0/s1. The van der Waals surface area contributed by atoms with Crippen LogP contribution in [0.5, 0.6) is 0 Å². The number of fused-ring (bicyclic) bond motifs is 7. The molecule has 0 aliphatic heterocycles. The Hall–Kier alpha value is -3.69. The van der Waals surface area contributed by atoms with Crippen molar-refractivity contribution >= 4 is 29.7 Å². The van der Waals surface area contributed by atoms with Crippen molar-refractivity contribution in [3.05, 3.63) is 47.5 Å². The maximum absolute atomic E-state index is 14.8. The molecule has 4 N–H and O–H groups in total. The summed E-state index contributed by atoms with van der Waals surface area (Å²) >= 11 is 0. The van der Waals surface area contributed by atoms with Crippen LogP contribution in [0.15, 0.2) is 36.4 Å².